The normalized spacial score (nSPS) is 11.2. The van der Waals surface area contributed by atoms with Crippen LogP contribution < -0.4 is 20.1 Å². The summed E-state index contributed by atoms with van der Waals surface area (Å²) < 4.78 is 20.8. The van der Waals surface area contributed by atoms with Crippen LogP contribution in [0.2, 0.25) is 0 Å². The van der Waals surface area contributed by atoms with Crippen molar-refractivity contribution in [3.8, 4) is 11.5 Å². The number of ether oxygens (including phenoxy) is 4. The number of ketones is 2. The van der Waals surface area contributed by atoms with Crippen molar-refractivity contribution in [2.75, 3.05) is 39.5 Å². The summed E-state index contributed by atoms with van der Waals surface area (Å²) in [7, 11) is 0. The fourth-order valence-corrected chi connectivity index (χ4v) is 3.63. The number of benzene rings is 2. The van der Waals surface area contributed by atoms with E-state index in [-0.39, 0.29) is 39.5 Å². The number of amides is 2. The van der Waals surface area contributed by atoms with Crippen LogP contribution in [0.1, 0.15) is 61.3 Å². The summed E-state index contributed by atoms with van der Waals surface area (Å²) in [5.74, 6) is -2.81. The van der Waals surface area contributed by atoms with Gasteiger partial charge in [0, 0.05) is 24.2 Å². The summed E-state index contributed by atoms with van der Waals surface area (Å²) in [6.45, 7) is 5.38. The smallest absolute Gasteiger partial charge is 0.315 e. The number of rotatable bonds is 19. The van der Waals surface area contributed by atoms with E-state index in [1.54, 1.807) is 24.3 Å². The van der Waals surface area contributed by atoms with Crippen LogP contribution >= 0.6 is 0 Å². The number of aliphatic hydroxyl groups is 2. The second-order valence-electron chi connectivity index (χ2n) is 11.0. The maximum Gasteiger partial charge on any atom is 0.315 e. The Hall–Kier alpha value is -4.82. The minimum absolute atomic E-state index is 0.00937. The molecule has 2 rings (SSSR count). The lowest BCUT2D eigenvalue weighted by molar-refractivity contribution is -0.148. The first-order valence-corrected chi connectivity index (χ1v) is 14.4. The Labute approximate surface area is 266 Å². The molecule has 0 unspecified atom stereocenters. The first kappa shape index (κ1) is 37.4. The van der Waals surface area contributed by atoms with Crippen LogP contribution in [0.5, 0.6) is 11.5 Å². The number of hydrogen-bond donors (Lipinski definition) is 4. The van der Waals surface area contributed by atoms with E-state index in [9.17, 15) is 39.0 Å². The molecule has 46 heavy (non-hydrogen) atoms. The number of Topliss-reactive ketones (excluding diaryl/α,β-unsaturated/α-hetero) is 2. The fraction of sp³-hybridized carbons (Fsp3) is 0.438. The minimum atomic E-state index is -1.49. The third-order valence-electron chi connectivity index (χ3n) is 5.95. The van der Waals surface area contributed by atoms with E-state index in [1.807, 2.05) is 0 Å². The summed E-state index contributed by atoms with van der Waals surface area (Å²) in [5, 5.41) is 24.5. The zero-order chi connectivity index (χ0) is 34.3. The van der Waals surface area contributed by atoms with E-state index in [0.717, 1.165) is 0 Å². The van der Waals surface area contributed by atoms with Crippen molar-refractivity contribution in [3.63, 3.8) is 0 Å². The molecule has 0 heterocycles. The minimum Gasteiger partial charge on any atom is -0.490 e. The molecular weight excluding hydrogens is 604 g/mol. The van der Waals surface area contributed by atoms with E-state index in [0.29, 0.717) is 22.6 Å². The van der Waals surface area contributed by atoms with Gasteiger partial charge in [-0.25, -0.2) is 0 Å². The largest absolute Gasteiger partial charge is 0.490 e. The van der Waals surface area contributed by atoms with Crippen molar-refractivity contribution in [2.24, 2.45) is 0 Å². The highest BCUT2D eigenvalue weighted by molar-refractivity contribution is 6.02. The van der Waals surface area contributed by atoms with Gasteiger partial charge in [0.05, 0.1) is 0 Å². The molecule has 0 saturated carbocycles. The van der Waals surface area contributed by atoms with Gasteiger partial charge in [0.2, 0.25) is 11.8 Å². The zero-order valence-electron chi connectivity index (χ0n) is 26.3. The molecule has 0 aliphatic heterocycles. The summed E-state index contributed by atoms with van der Waals surface area (Å²) in [6.07, 6.45) is -1.08. The second-order valence-corrected chi connectivity index (χ2v) is 11.0. The predicted molar refractivity (Wildman–Crippen MR) is 162 cm³/mol. The van der Waals surface area contributed by atoms with E-state index in [4.69, 9.17) is 18.9 Å². The van der Waals surface area contributed by atoms with Gasteiger partial charge in [-0.2, -0.15) is 0 Å². The number of hydrogen-bond acceptors (Lipinski definition) is 12. The third kappa shape index (κ3) is 13.9. The van der Waals surface area contributed by atoms with Crippen LogP contribution in [0.3, 0.4) is 0 Å². The van der Waals surface area contributed by atoms with Gasteiger partial charge < -0.3 is 39.8 Å². The van der Waals surface area contributed by atoms with Crippen molar-refractivity contribution >= 4 is 35.3 Å². The summed E-state index contributed by atoms with van der Waals surface area (Å²) in [6, 6.07) is 12.2. The van der Waals surface area contributed by atoms with Gasteiger partial charge in [-0.15, -0.1) is 0 Å². The molecule has 0 atom stereocenters. The van der Waals surface area contributed by atoms with E-state index < -0.39 is 59.4 Å². The lowest BCUT2D eigenvalue weighted by atomic mass is 9.97. The Morgan fingerprint density at radius 3 is 1.20 bits per heavy atom. The Morgan fingerprint density at radius 2 is 0.891 bits per heavy atom. The highest BCUT2D eigenvalue weighted by atomic mass is 16.6. The molecular formula is C32H40N2O12. The molecule has 0 spiro atoms. The molecule has 0 bridgehead atoms. The Kier molecular flexibility index (Phi) is 14.3. The van der Waals surface area contributed by atoms with Gasteiger partial charge in [-0.05, 0) is 76.2 Å². The topological polar surface area (TPSA) is 204 Å². The van der Waals surface area contributed by atoms with Gasteiger partial charge in [0.25, 0.3) is 0 Å². The number of nitrogens with one attached hydrogen (secondary N) is 2. The fourth-order valence-electron chi connectivity index (χ4n) is 3.63. The van der Waals surface area contributed by atoms with Crippen LogP contribution in [0.25, 0.3) is 0 Å². The van der Waals surface area contributed by atoms with Crippen molar-refractivity contribution in [3.05, 3.63) is 59.7 Å². The first-order valence-electron chi connectivity index (χ1n) is 14.4. The van der Waals surface area contributed by atoms with Crippen LogP contribution in [0.4, 0.5) is 0 Å². The van der Waals surface area contributed by atoms with Crippen LogP contribution in [0, 0.1) is 0 Å². The van der Waals surface area contributed by atoms with E-state index in [1.165, 1.54) is 52.0 Å². The third-order valence-corrected chi connectivity index (χ3v) is 5.95. The Balaban J connectivity index is 1.51. The van der Waals surface area contributed by atoms with Gasteiger partial charge in [-0.1, -0.05) is 0 Å². The summed E-state index contributed by atoms with van der Waals surface area (Å²) in [4.78, 5) is 71.6. The zero-order valence-corrected chi connectivity index (χ0v) is 26.3. The maximum absolute atomic E-state index is 12.0. The molecule has 0 aliphatic rings. The first-order chi connectivity index (χ1) is 21.6. The quantitative estimate of drug-likeness (QED) is 0.0736. The molecule has 14 nitrogen and oxygen atoms in total. The molecule has 0 aliphatic carbocycles. The van der Waals surface area contributed by atoms with Gasteiger partial charge >= 0.3 is 11.9 Å². The highest BCUT2D eigenvalue weighted by Crippen LogP contribution is 2.18. The Morgan fingerprint density at radius 1 is 0.565 bits per heavy atom. The molecule has 4 N–H and O–H groups in total. The number of carbonyl (C=O) groups excluding carboxylic acids is 6. The van der Waals surface area contributed by atoms with Gasteiger partial charge in [0.1, 0.15) is 62.0 Å². The van der Waals surface area contributed by atoms with Crippen molar-refractivity contribution < 1.29 is 57.9 Å². The molecule has 250 valence electrons. The number of esters is 2. The van der Waals surface area contributed by atoms with Crippen LogP contribution in [0.15, 0.2) is 48.5 Å². The van der Waals surface area contributed by atoms with Crippen LogP contribution in [-0.2, 0) is 28.7 Å². The van der Waals surface area contributed by atoms with Gasteiger partial charge in [0.15, 0.2) is 11.6 Å². The summed E-state index contributed by atoms with van der Waals surface area (Å²) >= 11 is 0. The molecule has 2 amide bonds. The van der Waals surface area contributed by atoms with Crippen LogP contribution in [-0.4, -0.2) is 96.3 Å². The highest BCUT2D eigenvalue weighted by Gasteiger charge is 2.26. The summed E-state index contributed by atoms with van der Waals surface area (Å²) in [5.41, 5.74) is -2.34. The Bertz CT molecular complexity index is 1250. The maximum atomic E-state index is 12.0. The second kappa shape index (κ2) is 17.6. The molecule has 2 aromatic rings. The lowest BCUT2D eigenvalue weighted by Crippen LogP contribution is -2.36. The standard InChI is InChI=1S/C32H40N2O12/c1-31(2,41)29(39)21-5-9-23(10-6-21)43-15-17-45-27(37)19-25(35)33-13-14-34-26(36)20-28(38)46-18-16-44-24-11-7-22(8-12-24)30(40)32(3,4)42/h5-12,41-42H,13-20H2,1-4H3,(H,33,35)(H,34,36). The molecule has 0 fully saturated rings. The average molecular weight is 645 g/mol. The molecule has 0 saturated heterocycles. The van der Waals surface area contributed by atoms with Crippen molar-refractivity contribution in [1.82, 2.24) is 10.6 Å². The monoisotopic (exact) mass is 644 g/mol. The predicted octanol–water partition coefficient (Wildman–Crippen LogP) is 1.15. The number of carbonyl (C=O) groups is 6. The lowest BCUT2D eigenvalue weighted by Gasteiger charge is -2.15. The van der Waals surface area contributed by atoms with Gasteiger partial charge in [-0.3, -0.25) is 28.8 Å². The molecule has 0 radical (unpaired) electrons. The average Bonchev–Trinajstić information content (AvgIpc) is 2.98. The SMILES string of the molecule is CC(C)(O)C(=O)c1ccc(OCCOC(=O)CC(=O)NCCNC(=O)CC(=O)OCCOc2ccc(C(=O)C(C)(C)O)cc2)cc1. The van der Waals surface area contributed by atoms with Crippen molar-refractivity contribution in [1.29, 1.82) is 0 Å². The van der Waals surface area contributed by atoms with E-state index in [2.05, 4.69) is 10.6 Å². The molecule has 0 aromatic heterocycles. The van der Waals surface area contributed by atoms with E-state index >= 15 is 0 Å². The molecule has 2 aromatic carbocycles. The molecule has 14 heteroatoms. The van der Waals surface area contributed by atoms with Crippen molar-refractivity contribution in [2.45, 2.75) is 51.7 Å².